The van der Waals surface area contributed by atoms with E-state index in [4.69, 9.17) is 4.74 Å². The molecule has 1 aliphatic heterocycles. The summed E-state index contributed by atoms with van der Waals surface area (Å²) in [5.74, 6) is 1.33. The first-order valence-corrected chi connectivity index (χ1v) is 8.54. The molecule has 1 aromatic carbocycles. The minimum absolute atomic E-state index is 0.0378. The van der Waals surface area contributed by atoms with Crippen molar-refractivity contribution in [1.29, 1.82) is 0 Å². The van der Waals surface area contributed by atoms with Crippen LogP contribution in [0.4, 0.5) is 11.5 Å². The molecule has 0 radical (unpaired) electrons. The summed E-state index contributed by atoms with van der Waals surface area (Å²) in [7, 11) is 0. The maximum atomic E-state index is 11.0. The largest absolute Gasteiger partial charge is 0.376 e. The van der Waals surface area contributed by atoms with Crippen LogP contribution in [0.1, 0.15) is 25.5 Å². The normalized spacial score (nSPS) is 16.8. The average Bonchev–Trinajstić information content (AvgIpc) is 3.12. The number of aromatic nitrogens is 2. The highest BCUT2D eigenvalue weighted by molar-refractivity contribution is 5.61. The van der Waals surface area contributed by atoms with Crippen molar-refractivity contribution in [2.45, 2.75) is 32.8 Å². The fourth-order valence-electron chi connectivity index (χ4n) is 3.02. The summed E-state index contributed by atoms with van der Waals surface area (Å²) in [6.45, 7) is 6.42. The number of nitro benzene ring substituents is 1. The van der Waals surface area contributed by atoms with E-state index in [9.17, 15) is 10.1 Å². The third-order valence-electron chi connectivity index (χ3n) is 4.31. The molecule has 7 heteroatoms. The Labute approximate surface area is 146 Å². The molecule has 3 rings (SSSR count). The number of ether oxygens (including phenoxy) is 1. The molecule has 0 aliphatic carbocycles. The van der Waals surface area contributed by atoms with Gasteiger partial charge in [-0.05, 0) is 26.7 Å². The number of nitrogens with zero attached hydrogens (tertiary/aromatic N) is 4. The van der Waals surface area contributed by atoms with Crippen LogP contribution in [0.3, 0.4) is 0 Å². The van der Waals surface area contributed by atoms with Crippen LogP contribution in [-0.4, -0.2) is 40.7 Å². The van der Waals surface area contributed by atoms with E-state index >= 15 is 0 Å². The van der Waals surface area contributed by atoms with Crippen molar-refractivity contribution in [3.05, 3.63) is 46.1 Å². The van der Waals surface area contributed by atoms with Gasteiger partial charge in [-0.2, -0.15) is 0 Å². The highest BCUT2D eigenvalue weighted by Crippen LogP contribution is 2.24. The Kier molecular flexibility index (Phi) is 5.23. The van der Waals surface area contributed by atoms with E-state index in [0.29, 0.717) is 11.4 Å². The zero-order valence-corrected chi connectivity index (χ0v) is 14.5. The predicted octanol–water partition coefficient (Wildman–Crippen LogP) is 3.37. The topological polar surface area (TPSA) is 81.4 Å². The van der Waals surface area contributed by atoms with Crippen LogP contribution >= 0.6 is 0 Å². The number of hydrogen-bond donors (Lipinski definition) is 0. The number of likely N-dealkylation sites (N-methyl/N-ethyl adjacent to an activating group) is 1. The second-order valence-electron chi connectivity index (χ2n) is 6.17. The van der Waals surface area contributed by atoms with Crippen LogP contribution in [0, 0.1) is 17.0 Å². The van der Waals surface area contributed by atoms with Crippen molar-refractivity contribution in [1.82, 2.24) is 9.97 Å². The minimum atomic E-state index is -0.407. The van der Waals surface area contributed by atoms with E-state index in [2.05, 4.69) is 21.8 Å². The summed E-state index contributed by atoms with van der Waals surface area (Å²) in [6.07, 6.45) is 2.40. The Bertz CT molecular complexity index is 760. The lowest BCUT2D eigenvalue weighted by molar-refractivity contribution is -0.384. The van der Waals surface area contributed by atoms with Gasteiger partial charge in [-0.3, -0.25) is 10.1 Å². The van der Waals surface area contributed by atoms with Gasteiger partial charge in [-0.15, -0.1) is 0 Å². The van der Waals surface area contributed by atoms with Crippen LogP contribution in [0.5, 0.6) is 0 Å². The molecular formula is C18H22N4O3. The molecule has 0 spiro atoms. The monoisotopic (exact) mass is 342 g/mol. The summed E-state index contributed by atoms with van der Waals surface area (Å²) < 4.78 is 5.73. The smallest absolute Gasteiger partial charge is 0.270 e. The molecule has 0 saturated carbocycles. The van der Waals surface area contributed by atoms with Gasteiger partial charge in [0.2, 0.25) is 0 Å². The van der Waals surface area contributed by atoms with Crippen molar-refractivity contribution in [3.63, 3.8) is 0 Å². The van der Waals surface area contributed by atoms with Gasteiger partial charge in [0.05, 0.1) is 11.0 Å². The zero-order valence-electron chi connectivity index (χ0n) is 14.5. The molecule has 2 aromatic rings. The third kappa shape index (κ3) is 4.11. The minimum Gasteiger partial charge on any atom is -0.376 e. The van der Waals surface area contributed by atoms with Crippen molar-refractivity contribution >= 4 is 11.5 Å². The first-order valence-electron chi connectivity index (χ1n) is 8.54. The lowest BCUT2D eigenvalue weighted by Crippen LogP contribution is -2.32. The number of nitro groups is 1. The Morgan fingerprint density at radius 1 is 1.36 bits per heavy atom. The molecular weight excluding hydrogens is 320 g/mol. The van der Waals surface area contributed by atoms with E-state index in [1.54, 1.807) is 12.1 Å². The Balaban J connectivity index is 1.91. The molecule has 7 nitrogen and oxygen atoms in total. The standard InChI is InChI=1S/C18H22N4O3/c1-3-21(12-16-8-5-9-25-16)17-10-13(2)19-18(20-17)14-6-4-7-15(11-14)22(23)24/h4,6-7,10-11,16H,3,5,8-9,12H2,1-2H3. The number of benzene rings is 1. The number of rotatable bonds is 6. The Morgan fingerprint density at radius 2 is 2.20 bits per heavy atom. The van der Waals surface area contributed by atoms with E-state index in [0.717, 1.165) is 44.0 Å². The third-order valence-corrected chi connectivity index (χ3v) is 4.31. The first kappa shape index (κ1) is 17.3. The predicted molar refractivity (Wildman–Crippen MR) is 95.7 cm³/mol. The number of non-ortho nitro benzene ring substituents is 1. The molecule has 0 N–H and O–H groups in total. The van der Waals surface area contributed by atoms with Crippen LogP contribution in [-0.2, 0) is 4.74 Å². The Morgan fingerprint density at radius 3 is 2.88 bits per heavy atom. The molecule has 2 heterocycles. The maximum absolute atomic E-state index is 11.0. The van der Waals surface area contributed by atoms with Crippen LogP contribution < -0.4 is 4.90 Å². The van der Waals surface area contributed by atoms with Gasteiger partial charge in [-0.1, -0.05) is 12.1 Å². The second kappa shape index (κ2) is 7.57. The first-order chi connectivity index (χ1) is 12.1. The molecule has 0 amide bonds. The molecule has 1 unspecified atom stereocenters. The molecule has 1 fully saturated rings. The van der Waals surface area contributed by atoms with Crippen molar-refractivity contribution < 1.29 is 9.66 Å². The number of anilines is 1. The second-order valence-corrected chi connectivity index (χ2v) is 6.17. The van der Waals surface area contributed by atoms with Gasteiger partial charge in [0, 0.05) is 49.2 Å². The van der Waals surface area contributed by atoms with Crippen molar-refractivity contribution in [2.24, 2.45) is 0 Å². The van der Waals surface area contributed by atoms with Crippen LogP contribution in [0.2, 0.25) is 0 Å². The number of hydrogen-bond acceptors (Lipinski definition) is 6. The number of aryl methyl sites for hydroxylation is 1. The summed E-state index contributed by atoms with van der Waals surface area (Å²) in [6, 6.07) is 8.37. The quantitative estimate of drug-likeness (QED) is 0.591. The lowest BCUT2D eigenvalue weighted by Gasteiger charge is -2.25. The lowest BCUT2D eigenvalue weighted by atomic mass is 10.2. The SMILES string of the molecule is CCN(CC1CCCO1)c1cc(C)nc(-c2cccc([N+](=O)[O-])c2)n1. The molecule has 0 bridgehead atoms. The zero-order chi connectivity index (χ0) is 17.8. The molecule has 1 aliphatic rings. The molecule has 1 aromatic heterocycles. The van der Waals surface area contributed by atoms with Crippen molar-refractivity contribution in [2.75, 3.05) is 24.6 Å². The summed E-state index contributed by atoms with van der Waals surface area (Å²) in [5.41, 5.74) is 1.51. The van der Waals surface area contributed by atoms with E-state index in [-0.39, 0.29) is 11.8 Å². The molecule has 1 atom stereocenters. The molecule has 1 saturated heterocycles. The Hall–Kier alpha value is -2.54. The highest BCUT2D eigenvalue weighted by atomic mass is 16.6. The summed E-state index contributed by atoms with van der Waals surface area (Å²) in [4.78, 5) is 21.9. The highest BCUT2D eigenvalue weighted by Gasteiger charge is 2.20. The van der Waals surface area contributed by atoms with Gasteiger partial charge in [0.15, 0.2) is 5.82 Å². The maximum Gasteiger partial charge on any atom is 0.270 e. The fourth-order valence-corrected chi connectivity index (χ4v) is 3.02. The van der Waals surface area contributed by atoms with Gasteiger partial charge in [0.25, 0.3) is 5.69 Å². The van der Waals surface area contributed by atoms with Crippen LogP contribution in [0.15, 0.2) is 30.3 Å². The summed E-state index contributed by atoms with van der Waals surface area (Å²) >= 11 is 0. The average molecular weight is 342 g/mol. The molecule has 25 heavy (non-hydrogen) atoms. The molecule has 132 valence electrons. The van der Waals surface area contributed by atoms with Gasteiger partial charge in [0.1, 0.15) is 5.82 Å². The van der Waals surface area contributed by atoms with E-state index < -0.39 is 4.92 Å². The van der Waals surface area contributed by atoms with E-state index in [1.165, 1.54) is 12.1 Å². The van der Waals surface area contributed by atoms with Crippen LogP contribution in [0.25, 0.3) is 11.4 Å². The van der Waals surface area contributed by atoms with Gasteiger partial charge < -0.3 is 9.64 Å². The fraction of sp³-hybridized carbons (Fsp3) is 0.444. The van der Waals surface area contributed by atoms with E-state index in [1.807, 2.05) is 13.0 Å². The summed E-state index contributed by atoms with van der Waals surface area (Å²) in [5, 5.41) is 11.0. The van der Waals surface area contributed by atoms with Gasteiger partial charge in [-0.25, -0.2) is 9.97 Å². The van der Waals surface area contributed by atoms with Crippen molar-refractivity contribution in [3.8, 4) is 11.4 Å². The van der Waals surface area contributed by atoms with Gasteiger partial charge >= 0.3 is 0 Å².